The Labute approximate surface area is 123 Å². The van der Waals surface area contributed by atoms with Crippen LogP contribution in [0.15, 0.2) is 18.2 Å². The molecule has 2 fully saturated rings. The summed E-state index contributed by atoms with van der Waals surface area (Å²) in [5, 5.41) is 18.4. The molecule has 2 bridgehead atoms. The number of sulfone groups is 1. The van der Waals surface area contributed by atoms with Gasteiger partial charge in [-0.25, -0.2) is 12.8 Å². The predicted molar refractivity (Wildman–Crippen MR) is 74.6 cm³/mol. The Hall–Kier alpha value is -1.45. The quantitative estimate of drug-likeness (QED) is 0.904. The summed E-state index contributed by atoms with van der Waals surface area (Å²) in [6.45, 7) is 0. The molecule has 2 unspecified atom stereocenters. The first-order valence-electron chi connectivity index (χ1n) is 6.98. The monoisotopic (exact) mass is 309 g/mol. The third-order valence-corrected chi connectivity index (χ3v) is 7.39. The molecule has 2 aliphatic heterocycles. The molecular weight excluding hydrogens is 293 g/mol. The van der Waals surface area contributed by atoms with Crippen molar-refractivity contribution in [1.29, 1.82) is 5.26 Å². The van der Waals surface area contributed by atoms with Crippen LogP contribution in [0.4, 0.5) is 4.39 Å². The lowest BCUT2D eigenvalue weighted by atomic mass is 9.85. The molecule has 1 aromatic carbocycles. The highest BCUT2D eigenvalue weighted by molar-refractivity contribution is 7.93. The van der Waals surface area contributed by atoms with E-state index in [1.165, 1.54) is 12.1 Å². The number of nitrogens with zero attached hydrogens (tertiary/aromatic N) is 1. The number of halogens is 1. The van der Waals surface area contributed by atoms with Crippen LogP contribution in [0.2, 0.25) is 0 Å². The van der Waals surface area contributed by atoms with Gasteiger partial charge < -0.3 is 5.11 Å². The average molecular weight is 309 g/mol. The van der Waals surface area contributed by atoms with E-state index in [2.05, 4.69) is 0 Å². The SMILES string of the molecule is N#CCc1ccc(C2(O)CC3CCC(C2)S3(=O)=O)cc1F. The van der Waals surface area contributed by atoms with Crippen molar-refractivity contribution in [2.45, 2.75) is 48.2 Å². The van der Waals surface area contributed by atoms with Gasteiger partial charge in [0.05, 0.1) is 28.6 Å². The Morgan fingerprint density at radius 2 is 1.95 bits per heavy atom. The van der Waals surface area contributed by atoms with Crippen LogP contribution in [0.5, 0.6) is 0 Å². The average Bonchev–Trinajstić information content (AvgIpc) is 2.62. The maximum atomic E-state index is 13.9. The van der Waals surface area contributed by atoms with Crippen molar-refractivity contribution in [2.24, 2.45) is 0 Å². The molecule has 0 radical (unpaired) electrons. The van der Waals surface area contributed by atoms with E-state index in [-0.39, 0.29) is 24.8 Å². The standard InChI is InChI=1S/C15H16FNO3S/c16-14-7-11(2-1-10(14)5-6-17)15(18)8-12-3-4-13(9-15)21(12,19)20/h1-2,7,12-13,18H,3-5,8-9H2. The largest absolute Gasteiger partial charge is 0.385 e. The Morgan fingerprint density at radius 1 is 1.33 bits per heavy atom. The number of nitriles is 1. The Kier molecular flexibility index (Phi) is 3.30. The van der Waals surface area contributed by atoms with Crippen molar-refractivity contribution >= 4 is 9.84 Å². The van der Waals surface area contributed by atoms with Crippen molar-refractivity contribution < 1.29 is 17.9 Å². The van der Waals surface area contributed by atoms with Crippen molar-refractivity contribution in [2.75, 3.05) is 0 Å². The van der Waals surface area contributed by atoms with Gasteiger partial charge >= 0.3 is 0 Å². The summed E-state index contributed by atoms with van der Waals surface area (Å²) < 4.78 is 38.1. The maximum absolute atomic E-state index is 13.9. The van der Waals surface area contributed by atoms with Gasteiger partial charge in [0.1, 0.15) is 5.82 Å². The second kappa shape index (κ2) is 4.79. The summed E-state index contributed by atoms with van der Waals surface area (Å²) in [5.74, 6) is -0.525. The fourth-order valence-electron chi connectivity index (χ4n) is 3.55. The molecule has 0 aliphatic carbocycles. The van der Waals surface area contributed by atoms with E-state index in [1.807, 2.05) is 6.07 Å². The second-order valence-corrected chi connectivity index (χ2v) is 8.50. The zero-order valence-electron chi connectivity index (χ0n) is 11.4. The summed E-state index contributed by atoms with van der Waals surface area (Å²) in [5.41, 5.74) is -0.590. The summed E-state index contributed by atoms with van der Waals surface area (Å²) in [6, 6.07) is 6.23. The van der Waals surface area contributed by atoms with Gasteiger partial charge in [-0.05, 0) is 37.3 Å². The zero-order valence-corrected chi connectivity index (χ0v) is 12.2. The van der Waals surface area contributed by atoms with E-state index in [4.69, 9.17) is 5.26 Å². The lowest BCUT2D eigenvalue weighted by Gasteiger charge is -2.36. The minimum absolute atomic E-state index is 0.0236. The highest BCUT2D eigenvalue weighted by Gasteiger charge is 2.53. The first-order valence-corrected chi connectivity index (χ1v) is 8.59. The van der Waals surface area contributed by atoms with Gasteiger partial charge in [0.2, 0.25) is 0 Å². The molecule has 6 heteroatoms. The minimum Gasteiger partial charge on any atom is -0.385 e. The molecule has 0 amide bonds. The van der Waals surface area contributed by atoms with Crippen molar-refractivity contribution in [1.82, 2.24) is 0 Å². The number of hydrogen-bond donors (Lipinski definition) is 1. The normalized spacial score (nSPS) is 33.6. The number of hydrogen-bond acceptors (Lipinski definition) is 4. The molecule has 2 aliphatic rings. The van der Waals surface area contributed by atoms with E-state index in [0.29, 0.717) is 18.4 Å². The van der Waals surface area contributed by atoms with Crippen LogP contribution in [-0.4, -0.2) is 24.0 Å². The van der Waals surface area contributed by atoms with E-state index < -0.39 is 31.8 Å². The van der Waals surface area contributed by atoms with Crippen LogP contribution < -0.4 is 0 Å². The number of benzene rings is 1. The van der Waals surface area contributed by atoms with E-state index in [1.54, 1.807) is 6.07 Å². The fraction of sp³-hybridized carbons (Fsp3) is 0.533. The van der Waals surface area contributed by atoms with E-state index in [0.717, 1.165) is 0 Å². The second-order valence-electron chi connectivity index (χ2n) is 5.99. The Morgan fingerprint density at radius 3 is 2.48 bits per heavy atom. The summed E-state index contributed by atoms with van der Waals surface area (Å²) in [4.78, 5) is 0. The third-order valence-electron chi connectivity index (χ3n) is 4.73. The molecule has 112 valence electrons. The fourth-order valence-corrected chi connectivity index (χ4v) is 6.04. The third kappa shape index (κ3) is 2.25. The maximum Gasteiger partial charge on any atom is 0.156 e. The van der Waals surface area contributed by atoms with Crippen molar-refractivity contribution in [3.63, 3.8) is 0 Å². The topological polar surface area (TPSA) is 78.2 Å². The number of rotatable bonds is 2. The van der Waals surface area contributed by atoms with E-state index in [9.17, 15) is 17.9 Å². The van der Waals surface area contributed by atoms with Crippen molar-refractivity contribution in [3.05, 3.63) is 35.1 Å². The van der Waals surface area contributed by atoms with Crippen LogP contribution in [0.1, 0.15) is 36.8 Å². The van der Waals surface area contributed by atoms with Gasteiger partial charge in [0.15, 0.2) is 9.84 Å². The molecule has 2 saturated heterocycles. The molecule has 3 rings (SSSR count). The molecule has 0 spiro atoms. The minimum atomic E-state index is -3.13. The van der Waals surface area contributed by atoms with Gasteiger partial charge in [0, 0.05) is 5.56 Å². The van der Waals surface area contributed by atoms with Crippen LogP contribution in [0, 0.1) is 17.1 Å². The summed E-state index contributed by atoms with van der Waals surface area (Å²) in [6.07, 6.45) is 1.38. The van der Waals surface area contributed by atoms with Crippen LogP contribution in [0.25, 0.3) is 0 Å². The lowest BCUT2D eigenvalue weighted by Crippen LogP contribution is -2.43. The van der Waals surface area contributed by atoms with Crippen LogP contribution in [0.3, 0.4) is 0 Å². The number of fused-ring (bicyclic) bond motifs is 2. The van der Waals surface area contributed by atoms with Gasteiger partial charge in [0.25, 0.3) is 0 Å². The van der Waals surface area contributed by atoms with Crippen LogP contribution >= 0.6 is 0 Å². The predicted octanol–water partition coefficient (Wildman–Crippen LogP) is 1.82. The molecule has 2 heterocycles. The molecular formula is C15H16FNO3S. The Balaban J connectivity index is 1.95. The first-order chi connectivity index (χ1) is 9.87. The highest BCUT2D eigenvalue weighted by Crippen LogP contribution is 2.47. The molecule has 21 heavy (non-hydrogen) atoms. The molecule has 4 nitrogen and oxygen atoms in total. The smallest absolute Gasteiger partial charge is 0.156 e. The molecule has 0 saturated carbocycles. The van der Waals surface area contributed by atoms with Crippen LogP contribution in [-0.2, 0) is 21.9 Å². The van der Waals surface area contributed by atoms with Gasteiger partial charge in [-0.2, -0.15) is 5.26 Å². The summed E-state index contributed by atoms with van der Waals surface area (Å²) in [7, 11) is -3.13. The molecule has 2 atom stereocenters. The van der Waals surface area contributed by atoms with Gasteiger partial charge in [-0.1, -0.05) is 12.1 Å². The zero-order chi connectivity index (χ0) is 15.3. The highest BCUT2D eigenvalue weighted by atomic mass is 32.2. The molecule has 1 N–H and O–H groups in total. The van der Waals surface area contributed by atoms with E-state index >= 15 is 0 Å². The molecule has 0 aromatic heterocycles. The lowest BCUT2D eigenvalue weighted by molar-refractivity contribution is 0.0170. The van der Waals surface area contributed by atoms with Gasteiger partial charge in [-0.15, -0.1) is 0 Å². The molecule has 1 aromatic rings. The Bertz CT molecular complexity index is 703. The summed E-state index contributed by atoms with van der Waals surface area (Å²) >= 11 is 0. The number of aliphatic hydroxyl groups is 1. The van der Waals surface area contributed by atoms with Crippen molar-refractivity contribution in [3.8, 4) is 6.07 Å². The first kappa shape index (κ1) is 14.5. The van der Waals surface area contributed by atoms with Gasteiger partial charge in [-0.3, -0.25) is 0 Å².